The normalized spacial score (nSPS) is 12.5. The summed E-state index contributed by atoms with van der Waals surface area (Å²) in [6.45, 7) is 8.38. The Labute approximate surface area is 125 Å². The van der Waals surface area contributed by atoms with Crippen molar-refractivity contribution in [1.82, 2.24) is 9.97 Å². The lowest BCUT2D eigenvalue weighted by molar-refractivity contribution is 0.818. The number of nitrogens with zero attached hydrogens (tertiary/aromatic N) is 2. The maximum atomic E-state index is 6.18. The molecule has 0 fully saturated rings. The molecule has 1 N–H and O–H groups in total. The van der Waals surface area contributed by atoms with E-state index in [9.17, 15) is 0 Å². The Morgan fingerprint density at radius 1 is 1.05 bits per heavy atom. The van der Waals surface area contributed by atoms with E-state index in [0.717, 1.165) is 11.4 Å². The highest BCUT2D eigenvalue weighted by molar-refractivity contribution is 6.30. The molecule has 1 unspecified atom stereocenters. The van der Waals surface area contributed by atoms with Crippen molar-refractivity contribution < 1.29 is 0 Å². The van der Waals surface area contributed by atoms with Gasteiger partial charge in [0.15, 0.2) is 0 Å². The van der Waals surface area contributed by atoms with E-state index in [1.54, 1.807) is 0 Å². The summed E-state index contributed by atoms with van der Waals surface area (Å²) < 4.78 is 0. The molecule has 0 aliphatic carbocycles. The molecular formula is C16H20ClN3. The molecule has 0 bridgehead atoms. The first-order valence-corrected chi connectivity index (χ1v) is 7.20. The third-order valence-corrected chi connectivity index (χ3v) is 3.64. The van der Waals surface area contributed by atoms with Crippen LogP contribution in [0.5, 0.6) is 0 Å². The molecule has 0 spiro atoms. The minimum absolute atomic E-state index is 0.166. The second-order valence-electron chi connectivity index (χ2n) is 5.36. The largest absolute Gasteiger partial charge is 0.363 e. The van der Waals surface area contributed by atoms with Crippen molar-refractivity contribution in [3.63, 3.8) is 0 Å². The lowest BCUT2D eigenvalue weighted by Gasteiger charge is -2.19. The van der Waals surface area contributed by atoms with Crippen molar-refractivity contribution >= 4 is 17.4 Å². The van der Waals surface area contributed by atoms with Crippen molar-refractivity contribution in [3.05, 3.63) is 52.4 Å². The highest BCUT2D eigenvalue weighted by atomic mass is 35.5. The lowest BCUT2D eigenvalue weighted by Crippen LogP contribution is -2.11. The second kappa shape index (κ2) is 6.23. The fourth-order valence-corrected chi connectivity index (χ4v) is 2.50. The summed E-state index contributed by atoms with van der Waals surface area (Å²) in [7, 11) is 0. The molecule has 3 nitrogen and oxygen atoms in total. The third kappa shape index (κ3) is 3.28. The minimum atomic E-state index is 0.166. The van der Waals surface area contributed by atoms with Crippen LogP contribution in [-0.4, -0.2) is 9.97 Å². The molecule has 2 rings (SSSR count). The maximum absolute atomic E-state index is 6.18. The topological polar surface area (TPSA) is 37.8 Å². The molecule has 20 heavy (non-hydrogen) atoms. The van der Waals surface area contributed by atoms with Crippen molar-refractivity contribution in [2.45, 2.75) is 39.7 Å². The maximum Gasteiger partial charge on any atom is 0.138 e. The number of benzene rings is 1. The van der Waals surface area contributed by atoms with Crippen molar-refractivity contribution in [2.75, 3.05) is 5.32 Å². The summed E-state index contributed by atoms with van der Waals surface area (Å²) in [5, 5.41) is 3.95. The van der Waals surface area contributed by atoms with Crippen LogP contribution in [0.15, 0.2) is 30.6 Å². The third-order valence-electron chi connectivity index (χ3n) is 3.34. The van der Waals surface area contributed by atoms with E-state index in [1.165, 1.54) is 17.5 Å². The van der Waals surface area contributed by atoms with Crippen LogP contribution >= 0.6 is 11.6 Å². The molecule has 1 heterocycles. The van der Waals surface area contributed by atoms with E-state index in [0.29, 0.717) is 5.15 Å². The molecule has 0 amide bonds. The number of aryl methyl sites for hydroxylation is 1. The van der Waals surface area contributed by atoms with Gasteiger partial charge in [0.05, 0.1) is 0 Å². The number of hydrogen-bond donors (Lipinski definition) is 1. The summed E-state index contributed by atoms with van der Waals surface area (Å²) in [5.74, 6) is 1.09. The first-order chi connectivity index (χ1) is 9.49. The fourth-order valence-electron chi connectivity index (χ4n) is 2.14. The molecule has 4 heteroatoms. The first-order valence-electron chi connectivity index (χ1n) is 6.82. The van der Waals surface area contributed by atoms with Gasteiger partial charge in [-0.15, -0.1) is 0 Å². The predicted molar refractivity (Wildman–Crippen MR) is 84.3 cm³/mol. The zero-order valence-corrected chi connectivity index (χ0v) is 13.1. The standard InChI is InChI=1S/C16H20ClN3/c1-10(2)14-15(17)18-9-19-16(14)20-12(4)13-7-5-11(3)6-8-13/h5-10,12H,1-4H3,(H,18,19,20). The monoisotopic (exact) mass is 289 g/mol. The Balaban J connectivity index is 2.26. The molecule has 0 saturated carbocycles. The van der Waals surface area contributed by atoms with Crippen LogP contribution in [0.4, 0.5) is 5.82 Å². The van der Waals surface area contributed by atoms with E-state index in [4.69, 9.17) is 11.6 Å². The SMILES string of the molecule is Cc1ccc(C(C)Nc2ncnc(Cl)c2C(C)C)cc1. The fraction of sp³-hybridized carbons (Fsp3) is 0.375. The number of anilines is 1. The molecule has 1 aromatic heterocycles. The summed E-state index contributed by atoms with van der Waals surface area (Å²) >= 11 is 6.18. The van der Waals surface area contributed by atoms with E-state index in [-0.39, 0.29) is 12.0 Å². The number of aromatic nitrogens is 2. The summed E-state index contributed by atoms with van der Waals surface area (Å²) in [6.07, 6.45) is 1.50. The van der Waals surface area contributed by atoms with Crippen LogP contribution in [0.2, 0.25) is 5.15 Å². The van der Waals surface area contributed by atoms with Gasteiger partial charge < -0.3 is 5.32 Å². The molecule has 106 valence electrons. The number of halogens is 1. The zero-order valence-electron chi connectivity index (χ0n) is 12.3. The van der Waals surface area contributed by atoms with Crippen LogP contribution in [-0.2, 0) is 0 Å². The minimum Gasteiger partial charge on any atom is -0.363 e. The van der Waals surface area contributed by atoms with Gasteiger partial charge in [-0.2, -0.15) is 0 Å². The van der Waals surface area contributed by atoms with Gasteiger partial charge in [0.2, 0.25) is 0 Å². The molecule has 0 aliphatic rings. The van der Waals surface area contributed by atoms with Crippen LogP contribution in [0.1, 0.15) is 49.4 Å². The molecule has 1 aromatic carbocycles. The van der Waals surface area contributed by atoms with Gasteiger partial charge in [-0.05, 0) is 25.3 Å². The van der Waals surface area contributed by atoms with Gasteiger partial charge in [-0.3, -0.25) is 0 Å². The Morgan fingerprint density at radius 3 is 2.30 bits per heavy atom. The molecule has 0 saturated heterocycles. The molecule has 2 aromatic rings. The summed E-state index contributed by atoms with van der Waals surface area (Å²) in [4.78, 5) is 8.40. The van der Waals surface area contributed by atoms with E-state index in [2.05, 4.69) is 67.2 Å². The highest BCUT2D eigenvalue weighted by Crippen LogP contribution is 2.30. The average molecular weight is 290 g/mol. The Kier molecular flexibility index (Phi) is 4.61. The number of rotatable bonds is 4. The van der Waals surface area contributed by atoms with Gasteiger partial charge in [-0.25, -0.2) is 9.97 Å². The van der Waals surface area contributed by atoms with Gasteiger partial charge in [0, 0.05) is 11.6 Å². The average Bonchev–Trinajstić information content (AvgIpc) is 2.39. The smallest absolute Gasteiger partial charge is 0.138 e. The number of nitrogens with one attached hydrogen (secondary N) is 1. The van der Waals surface area contributed by atoms with Crippen molar-refractivity contribution in [2.24, 2.45) is 0 Å². The van der Waals surface area contributed by atoms with Gasteiger partial charge in [-0.1, -0.05) is 55.3 Å². The van der Waals surface area contributed by atoms with Crippen LogP contribution in [0.25, 0.3) is 0 Å². The Bertz CT molecular complexity index is 579. The van der Waals surface area contributed by atoms with Crippen LogP contribution < -0.4 is 5.32 Å². The van der Waals surface area contributed by atoms with E-state index in [1.807, 2.05) is 0 Å². The van der Waals surface area contributed by atoms with E-state index < -0.39 is 0 Å². The molecule has 0 aliphatic heterocycles. The zero-order chi connectivity index (χ0) is 14.7. The summed E-state index contributed by atoms with van der Waals surface area (Å²) in [6, 6.07) is 8.66. The van der Waals surface area contributed by atoms with Gasteiger partial charge in [0.1, 0.15) is 17.3 Å². The molecule has 1 atom stereocenters. The Morgan fingerprint density at radius 2 is 1.70 bits per heavy atom. The molecule has 0 radical (unpaired) electrons. The van der Waals surface area contributed by atoms with E-state index >= 15 is 0 Å². The van der Waals surface area contributed by atoms with Crippen molar-refractivity contribution in [3.8, 4) is 0 Å². The van der Waals surface area contributed by atoms with Crippen LogP contribution in [0.3, 0.4) is 0 Å². The number of hydrogen-bond acceptors (Lipinski definition) is 3. The summed E-state index contributed by atoms with van der Waals surface area (Å²) in [5.41, 5.74) is 3.45. The van der Waals surface area contributed by atoms with Crippen LogP contribution in [0, 0.1) is 6.92 Å². The Hall–Kier alpha value is -1.61. The quantitative estimate of drug-likeness (QED) is 0.827. The second-order valence-corrected chi connectivity index (χ2v) is 5.72. The first kappa shape index (κ1) is 14.8. The molecular weight excluding hydrogens is 270 g/mol. The van der Waals surface area contributed by atoms with Crippen molar-refractivity contribution in [1.29, 1.82) is 0 Å². The highest BCUT2D eigenvalue weighted by Gasteiger charge is 2.15. The predicted octanol–water partition coefficient (Wildman–Crippen LogP) is 4.73. The lowest BCUT2D eigenvalue weighted by atomic mass is 10.0. The van der Waals surface area contributed by atoms with Gasteiger partial charge >= 0.3 is 0 Å². The van der Waals surface area contributed by atoms with Gasteiger partial charge in [0.25, 0.3) is 0 Å².